The first-order valence-corrected chi connectivity index (χ1v) is 13.2. The van der Waals surface area contributed by atoms with Gasteiger partial charge >= 0.3 is 6.09 Å². The molecule has 2 heterocycles. The van der Waals surface area contributed by atoms with Crippen molar-refractivity contribution in [2.24, 2.45) is 0 Å². The number of sulfonamides is 1. The maximum atomic E-state index is 14.1. The lowest BCUT2D eigenvalue weighted by molar-refractivity contribution is -0.119. The predicted octanol–water partition coefficient (Wildman–Crippen LogP) is 3.52. The van der Waals surface area contributed by atoms with Crippen molar-refractivity contribution in [2.75, 3.05) is 22.7 Å². The smallest absolute Gasteiger partial charge is 0.412 e. The minimum Gasteiger partial charge on any atom is -0.484 e. The van der Waals surface area contributed by atoms with Gasteiger partial charge in [-0.05, 0) is 66.7 Å². The minimum atomic E-state index is -4.08. The highest BCUT2D eigenvalue weighted by Gasteiger charge is 2.38. The Morgan fingerprint density at radius 1 is 1.25 bits per heavy atom. The summed E-state index contributed by atoms with van der Waals surface area (Å²) in [6.45, 7) is 14.0. The second kappa shape index (κ2) is 10.00. The summed E-state index contributed by atoms with van der Waals surface area (Å²) < 4.78 is 42.3. The number of amides is 2. The van der Waals surface area contributed by atoms with Crippen molar-refractivity contribution in [1.29, 1.82) is 0 Å². The third kappa shape index (κ3) is 5.92. The molecule has 0 unspecified atom stereocenters. The first-order chi connectivity index (χ1) is 16.6. The molecule has 1 aliphatic rings. The second-order valence-corrected chi connectivity index (χ2v) is 11.9. The molecule has 0 bridgehead atoms. The summed E-state index contributed by atoms with van der Waals surface area (Å²) in [5, 5.41) is 9.77. The van der Waals surface area contributed by atoms with Gasteiger partial charge in [0, 0.05) is 18.7 Å². The summed E-state index contributed by atoms with van der Waals surface area (Å²) in [4.78, 5) is 23.9. The molecule has 1 aromatic heterocycles. The van der Waals surface area contributed by atoms with E-state index in [9.17, 15) is 18.0 Å². The van der Waals surface area contributed by atoms with Crippen LogP contribution in [0.5, 0.6) is 5.75 Å². The van der Waals surface area contributed by atoms with Crippen LogP contribution >= 0.6 is 0 Å². The van der Waals surface area contributed by atoms with Crippen LogP contribution in [0.4, 0.5) is 16.2 Å². The van der Waals surface area contributed by atoms with Crippen LogP contribution in [0, 0.1) is 13.8 Å². The molecule has 0 saturated carbocycles. The van der Waals surface area contributed by atoms with Crippen LogP contribution in [0.2, 0.25) is 0 Å². The minimum absolute atomic E-state index is 0.0261. The zero-order valence-corrected chi connectivity index (χ0v) is 22.8. The molecule has 3 rings (SSSR count). The molecular weight excluding hydrogens is 486 g/mol. The van der Waals surface area contributed by atoms with E-state index in [2.05, 4.69) is 15.7 Å². The zero-order chi connectivity index (χ0) is 27.0. The molecule has 0 radical (unpaired) electrons. The van der Waals surface area contributed by atoms with Gasteiger partial charge in [0.15, 0.2) is 0 Å². The van der Waals surface area contributed by atoms with Crippen molar-refractivity contribution in [3.05, 3.63) is 29.6 Å². The van der Waals surface area contributed by atoms with Crippen molar-refractivity contribution < 1.29 is 27.5 Å². The Morgan fingerprint density at radius 2 is 1.92 bits per heavy atom. The average molecular weight is 522 g/mol. The highest BCUT2D eigenvalue weighted by atomic mass is 32.2. The molecule has 2 N–H and O–H groups in total. The van der Waals surface area contributed by atoms with E-state index < -0.39 is 27.8 Å². The van der Waals surface area contributed by atoms with Crippen molar-refractivity contribution >= 4 is 33.4 Å². The maximum absolute atomic E-state index is 14.1. The van der Waals surface area contributed by atoms with E-state index >= 15 is 0 Å². The van der Waals surface area contributed by atoms with Crippen molar-refractivity contribution in [3.8, 4) is 5.75 Å². The number of aromatic nitrogens is 2. The molecule has 0 saturated heterocycles. The lowest BCUT2D eigenvalue weighted by atomic mass is 10.2. The van der Waals surface area contributed by atoms with Gasteiger partial charge in [0.1, 0.15) is 22.4 Å². The first-order valence-electron chi connectivity index (χ1n) is 11.7. The maximum Gasteiger partial charge on any atom is 0.412 e. The van der Waals surface area contributed by atoms with Gasteiger partial charge < -0.3 is 14.8 Å². The van der Waals surface area contributed by atoms with Gasteiger partial charge in [0.2, 0.25) is 5.91 Å². The van der Waals surface area contributed by atoms with Gasteiger partial charge in [0.05, 0.1) is 30.2 Å². The second-order valence-electron chi connectivity index (χ2n) is 10.1. The van der Waals surface area contributed by atoms with Gasteiger partial charge in [-0.25, -0.2) is 13.2 Å². The Labute approximate surface area is 212 Å². The van der Waals surface area contributed by atoms with Crippen LogP contribution in [0.15, 0.2) is 23.1 Å². The summed E-state index contributed by atoms with van der Waals surface area (Å²) in [5.41, 5.74) is 0.823. The molecule has 1 aliphatic heterocycles. The Kier molecular flexibility index (Phi) is 7.58. The Morgan fingerprint density at radius 3 is 2.47 bits per heavy atom. The molecule has 198 valence electrons. The Bertz CT molecular complexity index is 1260. The summed E-state index contributed by atoms with van der Waals surface area (Å²) in [5.74, 6) is 0.0575. The highest BCUT2D eigenvalue weighted by Crippen LogP contribution is 2.40. The fourth-order valence-electron chi connectivity index (χ4n) is 4.04. The quantitative estimate of drug-likeness (QED) is 0.594. The van der Waals surface area contributed by atoms with Gasteiger partial charge in [-0.1, -0.05) is 0 Å². The fourth-order valence-corrected chi connectivity index (χ4v) is 5.90. The lowest BCUT2D eigenvalue weighted by Crippen LogP contribution is -2.48. The van der Waals surface area contributed by atoms with E-state index in [1.165, 1.54) is 17.3 Å². The van der Waals surface area contributed by atoms with E-state index in [0.29, 0.717) is 22.8 Å². The number of benzene rings is 1. The molecule has 1 atom stereocenters. The number of carbonyl (C=O) groups is 2. The number of hydrogen-bond donors (Lipinski definition) is 2. The van der Waals surface area contributed by atoms with E-state index in [-0.39, 0.29) is 35.6 Å². The van der Waals surface area contributed by atoms with E-state index in [1.807, 2.05) is 13.8 Å². The van der Waals surface area contributed by atoms with E-state index in [1.54, 1.807) is 51.4 Å². The van der Waals surface area contributed by atoms with Gasteiger partial charge in [-0.2, -0.15) is 5.10 Å². The van der Waals surface area contributed by atoms with Gasteiger partial charge in [-0.15, -0.1) is 0 Å². The molecule has 11 nitrogen and oxygen atoms in total. The SMILES string of the molecule is CC(=O)NC[C@H]1CN(S(=O)(=O)c2c(C)nn(C(C)C)c2C)c2cc(NC(=O)OC(C)(C)C)ccc2O1. The molecule has 12 heteroatoms. The van der Waals surface area contributed by atoms with Crippen molar-refractivity contribution in [1.82, 2.24) is 15.1 Å². The molecule has 0 spiro atoms. The number of aryl methyl sites for hydroxylation is 1. The molecule has 1 aromatic carbocycles. The molecule has 2 amide bonds. The number of hydrogen-bond acceptors (Lipinski definition) is 7. The first kappa shape index (κ1) is 27.3. The van der Waals surface area contributed by atoms with E-state index in [4.69, 9.17) is 9.47 Å². The summed E-state index contributed by atoms with van der Waals surface area (Å²) >= 11 is 0. The van der Waals surface area contributed by atoms with Crippen LogP contribution in [0.3, 0.4) is 0 Å². The standard InChI is InChI=1S/C24H35N5O6S/c1-14(2)29-16(4)22(15(3)27-29)36(32,33)28-13-19(12-25-17(5)30)34-21-10-9-18(11-20(21)28)26-23(31)35-24(6,7)8/h9-11,14,19H,12-13H2,1-8H3,(H,25,30)(H,26,31)/t19-/m0/s1. The summed E-state index contributed by atoms with van der Waals surface area (Å²) in [6.07, 6.45) is -1.29. The van der Waals surface area contributed by atoms with Crippen LogP contribution in [-0.2, 0) is 19.6 Å². The third-order valence-corrected chi connectivity index (χ3v) is 7.44. The average Bonchev–Trinajstić information content (AvgIpc) is 3.05. The Hall–Kier alpha value is -3.28. The van der Waals surface area contributed by atoms with Gasteiger partial charge in [0.25, 0.3) is 10.0 Å². The molecular formula is C24H35N5O6S. The van der Waals surface area contributed by atoms with Crippen LogP contribution < -0.4 is 19.7 Å². The van der Waals surface area contributed by atoms with Crippen molar-refractivity contribution in [2.45, 2.75) is 78.0 Å². The van der Waals surface area contributed by atoms with Gasteiger partial charge in [-0.3, -0.25) is 19.1 Å². The normalized spacial score (nSPS) is 15.8. The van der Waals surface area contributed by atoms with E-state index in [0.717, 1.165) is 0 Å². The number of anilines is 2. The monoisotopic (exact) mass is 521 g/mol. The molecule has 0 aliphatic carbocycles. The molecule has 0 fully saturated rings. The molecule has 2 aromatic rings. The highest BCUT2D eigenvalue weighted by molar-refractivity contribution is 7.93. The number of nitrogens with zero attached hydrogens (tertiary/aromatic N) is 3. The zero-order valence-electron chi connectivity index (χ0n) is 22.0. The lowest BCUT2D eigenvalue weighted by Gasteiger charge is -2.36. The van der Waals surface area contributed by atoms with Crippen LogP contribution in [-0.4, -0.2) is 55.0 Å². The van der Waals surface area contributed by atoms with Crippen molar-refractivity contribution in [3.63, 3.8) is 0 Å². The fraction of sp³-hybridized carbons (Fsp3) is 0.542. The predicted molar refractivity (Wildman–Crippen MR) is 136 cm³/mol. The largest absolute Gasteiger partial charge is 0.484 e. The number of rotatable bonds is 6. The summed E-state index contributed by atoms with van der Waals surface area (Å²) in [7, 11) is -4.08. The topological polar surface area (TPSA) is 132 Å². The molecule has 36 heavy (non-hydrogen) atoms. The number of fused-ring (bicyclic) bond motifs is 1. The van der Waals surface area contributed by atoms with Crippen LogP contribution in [0.25, 0.3) is 0 Å². The van der Waals surface area contributed by atoms with Crippen LogP contribution in [0.1, 0.15) is 59.0 Å². The number of nitrogens with one attached hydrogen (secondary N) is 2. The number of carbonyl (C=O) groups excluding carboxylic acids is 2. The number of ether oxygens (including phenoxy) is 2. The third-order valence-electron chi connectivity index (χ3n) is 5.41. The summed E-state index contributed by atoms with van der Waals surface area (Å²) in [6, 6.07) is 4.69. The Balaban J connectivity index is 2.06.